The van der Waals surface area contributed by atoms with Gasteiger partial charge in [-0.3, -0.25) is 4.40 Å². The Bertz CT molecular complexity index is 1180. The smallest absolute Gasteiger partial charge is 0.211 e. The molecule has 1 aromatic carbocycles. The van der Waals surface area contributed by atoms with Crippen LogP contribution in [0.1, 0.15) is 17.5 Å². The molecule has 0 spiro atoms. The zero-order chi connectivity index (χ0) is 19.2. The fraction of sp³-hybridized carbons (Fsp3) is 0.368. The largest absolute Gasteiger partial charge is 0.356 e. The lowest BCUT2D eigenvalue weighted by Gasteiger charge is -2.25. The van der Waals surface area contributed by atoms with E-state index in [1.165, 1.54) is 10.6 Å². The van der Waals surface area contributed by atoms with Crippen LogP contribution in [0.3, 0.4) is 0 Å². The molecule has 1 fully saturated rings. The Morgan fingerprint density at radius 3 is 2.67 bits per heavy atom. The first kappa shape index (κ1) is 17.8. The van der Waals surface area contributed by atoms with E-state index in [0.717, 1.165) is 35.4 Å². The SMILES string of the molecule is Cc1cc(N2CCCN(S(C)(=O)=O)CC2)n2c(nc3ccccc32)c1C#N. The van der Waals surface area contributed by atoms with Crippen molar-refractivity contribution in [2.75, 3.05) is 37.3 Å². The Labute approximate surface area is 158 Å². The summed E-state index contributed by atoms with van der Waals surface area (Å²) in [4.78, 5) is 6.88. The number of imidazole rings is 1. The lowest BCUT2D eigenvalue weighted by atomic mass is 10.1. The van der Waals surface area contributed by atoms with Gasteiger partial charge < -0.3 is 4.90 Å². The number of hydrogen-bond donors (Lipinski definition) is 0. The highest BCUT2D eigenvalue weighted by Crippen LogP contribution is 2.29. The van der Waals surface area contributed by atoms with E-state index in [2.05, 4.69) is 16.0 Å². The van der Waals surface area contributed by atoms with Crippen molar-refractivity contribution in [3.63, 3.8) is 0 Å². The zero-order valence-electron chi connectivity index (χ0n) is 15.4. The number of nitriles is 1. The van der Waals surface area contributed by atoms with Crippen molar-refractivity contribution in [1.29, 1.82) is 5.26 Å². The summed E-state index contributed by atoms with van der Waals surface area (Å²) in [6.45, 7) is 4.24. The molecular weight excluding hydrogens is 362 g/mol. The first-order chi connectivity index (χ1) is 12.9. The number of sulfonamides is 1. The van der Waals surface area contributed by atoms with Crippen LogP contribution < -0.4 is 4.90 Å². The standard InChI is InChI=1S/C19H21N5O2S/c1-14-12-18(22-8-5-9-23(11-10-22)27(2,25)26)24-17-7-4-3-6-16(17)21-19(24)15(14)13-20/h3-4,6-7,12H,5,8-11H2,1-2H3. The van der Waals surface area contributed by atoms with E-state index in [4.69, 9.17) is 0 Å². The van der Waals surface area contributed by atoms with Gasteiger partial charge in [0.25, 0.3) is 0 Å². The van der Waals surface area contributed by atoms with Gasteiger partial charge in [0.15, 0.2) is 5.65 Å². The van der Waals surface area contributed by atoms with Gasteiger partial charge in [-0.2, -0.15) is 5.26 Å². The van der Waals surface area contributed by atoms with Gasteiger partial charge in [-0.05, 0) is 37.1 Å². The summed E-state index contributed by atoms with van der Waals surface area (Å²) in [7, 11) is -3.20. The molecule has 3 heterocycles. The first-order valence-corrected chi connectivity index (χ1v) is 10.8. The van der Waals surface area contributed by atoms with Crippen LogP contribution in [0.5, 0.6) is 0 Å². The van der Waals surface area contributed by atoms with Crippen molar-refractivity contribution in [2.45, 2.75) is 13.3 Å². The van der Waals surface area contributed by atoms with Crippen LogP contribution in [0.2, 0.25) is 0 Å². The minimum atomic E-state index is -3.20. The highest BCUT2D eigenvalue weighted by atomic mass is 32.2. The number of fused-ring (bicyclic) bond motifs is 3. The van der Waals surface area contributed by atoms with Crippen LogP contribution in [0.25, 0.3) is 16.7 Å². The van der Waals surface area contributed by atoms with E-state index in [1.54, 1.807) is 0 Å². The lowest BCUT2D eigenvalue weighted by Crippen LogP contribution is -2.35. The Hall–Kier alpha value is -2.63. The molecule has 140 valence electrons. The van der Waals surface area contributed by atoms with Crippen molar-refractivity contribution in [2.24, 2.45) is 0 Å². The second kappa shape index (κ2) is 6.51. The number of rotatable bonds is 2. The van der Waals surface area contributed by atoms with Crippen LogP contribution in [0, 0.1) is 18.3 Å². The average molecular weight is 383 g/mol. The minimum Gasteiger partial charge on any atom is -0.356 e. The second-order valence-electron chi connectivity index (χ2n) is 6.93. The molecular formula is C19H21N5O2S. The number of para-hydroxylation sites is 2. The normalized spacial score (nSPS) is 16.6. The second-order valence-corrected chi connectivity index (χ2v) is 8.92. The summed E-state index contributed by atoms with van der Waals surface area (Å²) >= 11 is 0. The monoisotopic (exact) mass is 383 g/mol. The Kier molecular flexibility index (Phi) is 4.29. The Morgan fingerprint density at radius 2 is 1.93 bits per heavy atom. The number of pyridine rings is 1. The van der Waals surface area contributed by atoms with E-state index in [0.29, 0.717) is 30.8 Å². The quantitative estimate of drug-likeness (QED) is 0.677. The molecule has 0 unspecified atom stereocenters. The van der Waals surface area contributed by atoms with Crippen LogP contribution in [-0.4, -0.2) is 54.5 Å². The van der Waals surface area contributed by atoms with E-state index in [9.17, 15) is 13.7 Å². The minimum absolute atomic E-state index is 0.450. The molecule has 0 bridgehead atoms. The summed E-state index contributed by atoms with van der Waals surface area (Å²) < 4.78 is 27.4. The van der Waals surface area contributed by atoms with Gasteiger partial charge in [0.1, 0.15) is 11.9 Å². The number of benzene rings is 1. The third kappa shape index (κ3) is 3.03. The number of aryl methyl sites for hydroxylation is 1. The molecule has 4 rings (SSSR count). The van der Waals surface area contributed by atoms with Crippen molar-refractivity contribution in [3.8, 4) is 6.07 Å². The summed E-state index contributed by atoms with van der Waals surface area (Å²) in [5.41, 5.74) is 3.89. The lowest BCUT2D eigenvalue weighted by molar-refractivity contribution is 0.437. The molecule has 7 nitrogen and oxygen atoms in total. The average Bonchev–Trinajstić information content (AvgIpc) is 2.82. The molecule has 2 aromatic heterocycles. The molecule has 3 aromatic rings. The van der Waals surface area contributed by atoms with Crippen LogP contribution in [0.4, 0.5) is 5.82 Å². The summed E-state index contributed by atoms with van der Waals surface area (Å²) in [5, 5.41) is 9.62. The van der Waals surface area contributed by atoms with E-state index in [-0.39, 0.29) is 0 Å². The molecule has 0 amide bonds. The molecule has 27 heavy (non-hydrogen) atoms. The molecule has 0 aliphatic carbocycles. The maximum Gasteiger partial charge on any atom is 0.211 e. The molecule has 1 aliphatic rings. The van der Waals surface area contributed by atoms with Gasteiger partial charge in [0.05, 0.1) is 22.9 Å². The van der Waals surface area contributed by atoms with Gasteiger partial charge in [-0.25, -0.2) is 17.7 Å². The maximum absolute atomic E-state index is 11.9. The fourth-order valence-corrected chi connectivity index (χ4v) is 4.63. The van der Waals surface area contributed by atoms with E-state index >= 15 is 0 Å². The third-order valence-electron chi connectivity index (χ3n) is 5.11. The number of nitrogens with zero attached hydrogens (tertiary/aromatic N) is 5. The van der Waals surface area contributed by atoms with Gasteiger partial charge in [0.2, 0.25) is 10.0 Å². The van der Waals surface area contributed by atoms with Crippen molar-refractivity contribution >= 4 is 32.5 Å². The summed E-state index contributed by atoms with van der Waals surface area (Å²) in [6, 6.07) is 12.1. The fourth-order valence-electron chi connectivity index (χ4n) is 3.76. The number of hydrogen-bond acceptors (Lipinski definition) is 5. The first-order valence-electron chi connectivity index (χ1n) is 8.91. The van der Waals surface area contributed by atoms with Gasteiger partial charge >= 0.3 is 0 Å². The molecule has 8 heteroatoms. The summed E-state index contributed by atoms with van der Waals surface area (Å²) in [5.74, 6) is 0.950. The predicted molar refractivity (Wildman–Crippen MR) is 105 cm³/mol. The van der Waals surface area contributed by atoms with Crippen LogP contribution in [0.15, 0.2) is 30.3 Å². The molecule has 0 atom stereocenters. The highest BCUT2D eigenvalue weighted by Gasteiger charge is 2.24. The van der Waals surface area contributed by atoms with Crippen LogP contribution >= 0.6 is 0 Å². The molecule has 1 aliphatic heterocycles. The topological polar surface area (TPSA) is 81.7 Å². The molecule has 0 N–H and O–H groups in total. The van der Waals surface area contributed by atoms with Gasteiger partial charge in [0, 0.05) is 26.2 Å². The van der Waals surface area contributed by atoms with E-state index in [1.807, 2.05) is 41.7 Å². The number of anilines is 1. The van der Waals surface area contributed by atoms with Crippen LogP contribution in [-0.2, 0) is 10.0 Å². The van der Waals surface area contributed by atoms with Gasteiger partial charge in [-0.1, -0.05) is 12.1 Å². The van der Waals surface area contributed by atoms with Crippen molar-refractivity contribution in [1.82, 2.24) is 13.7 Å². The molecule has 0 saturated carbocycles. The Morgan fingerprint density at radius 1 is 1.15 bits per heavy atom. The summed E-state index contributed by atoms with van der Waals surface area (Å²) in [6.07, 6.45) is 2.01. The highest BCUT2D eigenvalue weighted by molar-refractivity contribution is 7.88. The molecule has 0 radical (unpaired) electrons. The van der Waals surface area contributed by atoms with E-state index < -0.39 is 10.0 Å². The third-order valence-corrected chi connectivity index (χ3v) is 6.42. The van der Waals surface area contributed by atoms with Gasteiger partial charge in [-0.15, -0.1) is 0 Å². The van der Waals surface area contributed by atoms with Crippen molar-refractivity contribution < 1.29 is 8.42 Å². The predicted octanol–water partition coefficient (Wildman–Crippen LogP) is 2.14. The Balaban J connectivity index is 1.88. The maximum atomic E-state index is 11.9. The number of aromatic nitrogens is 2. The molecule has 1 saturated heterocycles. The van der Waals surface area contributed by atoms with Crippen molar-refractivity contribution in [3.05, 3.63) is 41.5 Å². The zero-order valence-corrected chi connectivity index (χ0v) is 16.2.